The zero-order chi connectivity index (χ0) is 23.8. The minimum atomic E-state index is -3.60. The number of hydrogen-bond donors (Lipinski definition) is 1. The molecule has 1 aliphatic rings. The Hall–Kier alpha value is -2.82. The highest BCUT2D eigenvalue weighted by molar-refractivity contribution is 7.89. The van der Waals surface area contributed by atoms with Crippen LogP contribution in [0.3, 0.4) is 0 Å². The summed E-state index contributed by atoms with van der Waals surface area (Å²) in [5, 5.41) is 7.51. The average Bonchev–Trinajstić information content (AvgIpc) is 3.31. The van der Waals surface area contributed by atoms with Gasteiger partial charge in [0.05, 0.1) is 27.8 Å². The number of hydrogen-bond acceptors (Lipinski definition) is 5. The summed E-state index contributed by atoms with van der Waals surface area (Å²) in [6.45, 7) is 6.30. The van der Waals surface area contributed by atoms with Crippen molar-refractivity contribution >= 4 is 32.5 Å². The first-order valence-electron chi connectivity index (χ1n) is 10.7. The Balaban J connectivity index is 1.64. The van der Waals surface area contributed by atoms with Gasteiger partial charge in [-0.05, 0) is 43.3 Å². The molecule has 1 aromatic heterocycles. The second kappa shape index (κ2) is 9.20. The van der Waals surface area contributed by atoms with E-state index in [4.69, 9.17) is 0 Å². The highest BCUT2D eigenvalue weighted by Crippen LogP contribution is 2.31. The predicted octanol–water partition coefficient (Wildman–Crippen LogP) is 3.23. The van der Waals surface area contributed by atoms with Crippen LogP contribution in [0.25, 0.3) is 5.69 Å². The molecule has 2 heterocycles. The van der Waals surface area contributed by atoms with Crippen LogP contribution >= 0.6 is 0 Å². The lowest BCUT2D eigenvalue weighted by Gasteiger charge is -2.18. The molecule has 0 spiro atoms. The topological polar surface area (TPSA) is 101 Å². The van der Waals surface area contributed by atoms with Gasteiger partial charge in [0.2, 0.25) is 10.0 Å². The number of carbonyl (C=O) groups excluding carboxylic acids is 1. The van der Waals surface area contributed by atoms with Crippen LogP contribution in [0.1, 0.15) is 41.0 Å². The fourth-order valence-corrected chi connectivity index (χ4v) is 6.52. The van der Waals surface area contributed by atoms with Gasteiger partial charge in [-0.2, -0.15) is 9.40 Å². The summed E-state index contributed by atoms with van der Waals surface area (Å²) in [4.78, 5) is 13.2. The summed E-state index contributed by atoms with van der Waals surface area (Å²) in [6.07, 6.45) is 0. The predicted molar refractivity (Wildman–Crippen MR) is 128 cm³/mol. The highest BCUT2D eigenvalue weighted by Gasteiger charge is 2.29. The quantitative estimate of drug-likeness (QED) is 0.553. The molecule has 1 aliphatic heterocycles. The van der Waals surface area contributed by atoms with Crippen LogP contribution in [0, 0.1) is 6.92 Å². The second-order valence-corrected chi connectivity index (χ2v) is 11.2. The van der Waals surface area contributed by atoms with Crippen LogP contribution in [0.4, 0.5) is 5.82 Å². The number of nitrogens with one attached hydrogen (secondary N) is 1. The number of fused-ring (bicyclic) bond motifs is 1. The Bertz CT molecular complexity index is 1310. The van der Waals surface area contributed by atoms with Gasteiger partial charge in [0.15, 0.2) is 0 Å². The number of aryl methyl sites for hydroxylation is 1. The molecule has 0 fully saturated rings. The monoisotopic (exact) mass is 486 g/mol. The van der Waals surface area contributed by atoms with E-state index in [0.717, 1.165) is 16.8 Å². The summed E-state index contributed by atoms with van der Waals surface area (Å²) in [5.74, 6) is 0.785. The van der Waals surface area contributed by atoms with E-state index in [1.807, 2.05) is 31.2 Å². The summed E-state index contributed by atoms with van der Waals surface area (Å²) in [5.41, 5.74) is 3.69. The molecular weight excluding hydrogens is 460 g/mol. The van der Waals surface area contributed by atoms with Crippen molar-refractivity contribution < 1.29 is 17.4 Å². The lowest BCUT2D eigenvalue weighted by molar-refractivity contribution is 0.102. The average molecular weight is 487 g/mol. The van der Waals surface area contributed by atoms with E-state index in [0.29, 0.717) is 41.7 Å². The zero-order valence-electron chi connectivity index (χ0n) is 18.7. The van der Waals surface area contributed by atoms with Gasteiger partial charge in [-0.3, -0.25) is 9.00 Å². The van der Waals surface area contributed by atoms with Gasteiger partial charge in [0.25, 0.3) is 5.91 Å². The van der Waals surface area contributed by atoms with Crippen LogP contribution < -0.4 is 5.32 Å². The smallest absolute Gasteiger partial charge is 0.256 e. The molecule has 1 amide bonds. The number of amides is 1. The van der Waals surface area contributed by atoms with Crippen molar-refractivity contribution in [3.8, 4) is 5.69 Å². The van der Waals surface area contributed by atoms with Crippen molar-refractivity contribution in [3.63, 3.8) is 0 Å². The van der Waals surface area contributed by atoms with E-state index >= 15 is 0 Å². The van der Waals surface area contributed by atoms with Gasteiger partial charge in [-0.1, -0.05) is 31.5 Å². The van der Waals surface area contributed by atoms with E-state index < -0.39 is 26.7 Å². The Labute approximate surface area is 196 Å². The lowest BCUT2D eigenvalue weighted by atomic mass is 10.2. The van der Waals surface area contributed by atoms with E-state index in [2.05, 4.69) is 10.4 Å². The summed E-state index contributed by atoms with van der Waals surface area (Å²) in [7, 11) is -4.64. The first kappa shape index (κ1) is 23.3. The number of anilines is 1. The number of benzene rings is 2. The number of rotatable bonds is 7. The minimum absolute atomic E-state index is 0.142. The fraction of sp³-hybridized carbons (Fsp3) is 0.304. The molecule has 1 N–H and O–H groups in total. The van der Waals surface area contributed by atoms with Gasteiger partial charge < -0.3 is 5.32 Å². The van der Waals surface area contributed by atoms with Gasteiger partial charge in [-0.25, -0.2) is 13.1 Å². The molecule has 0 aliphatic carbocycles. The van der Waals surface area contributed by atoms with Crippen molar-refractivity contribution in [1.29, 1.82) is 0 Å². The van der Waals surface area contributed by atoms with Crippen LogP contribution in [0.5, 0.6) is 0 Å². The third-order valence-corrected chi connectivity index (χ3v) is 8.91. The van der Waals surface area contributed by atoms with Crippen molar-refractivity contribution in [1.82, 2.24) is 14.1 Å². The second-order valence-electron chi connectivity index (χ2n) is 7.82. The fourth-order valence-electron chi connectivity index (χ4n) is 3.80. The largest absolute Gasteiger partial charge is 0.306 e. The molecule has 1 atom stereocenters. The molecule has 0 saturated carbocycles. The van der Waals surface area contributed by atoms with E-state index in [9.17, 15) is 17.4 Å². The Kier molecular flexibility index (Phi) is 6.51. The van der Waals surface area contributed by atoms with E-state index in [1.165, 1.54) is 28.6 Å². The number of nitrogens with zero attached hydrogens (tertiary/aromatic N) is 3. The van der Waals surface area contributed by atoms with Crippen molar-refractivity contribution in [3.05, 3.63) is 70.9 Å². The highest BCUT2D eigenvalue weighted by atomic mass is 32.2. The third kappa shape index (κ3) is 4.50. The molecule has 0 radical (unpaired) electrons. The zero-order valence-corrected chi connectivity index (χ0v) is 20.4. The molecular formula is C23H26N4O4S2. The number of aromatic nitrogens is 2. The molecule has 174 valence electrons. The SMILES string of the molecule is CCN(CC)S(=O)(=O)c1ccc(C(=O)Nc2c3c(nn2-c2ccc(C)cc2)CS(=O)C3)cc1. The molecule has 0 saturated heterocycles. The lowest BCUT2D eigenvalue weighted by Crippen LogP contribution is -2.30. The van der Waals surface area contributed by atoms with E-state index in [-0.39, 0.29) is 4.90 Å². The molecule has 0 bridgehead atoms. The van der Waals surface area contributed by atoms with Crippen LogP contribution in [0.2, 0.25) is 0 Å². The standard InChI is InChI=1S/C23H26N4O4S2/c1-4-26(5-2)33(30,31)19-12-8-17(9-13-19)23(28)24-22-20-14-32(29)15-21(20)25-27(22)18-10-6-16(3)7-11-18/h6-13H,4-5,14-15H2,1-3H3,(H,24,28). The molecule has 1 unspecified atom stereocenters. The Morgan fingerprint density at radius 1 is 1.06 bits per heavy atom. The maximum absolute atomic E-state index is 13.1. The molecule has 4 rings (SSSR count). The molecule has 10 heteroatoms. The first-order chi connectivity index (χ1) is 15.7. The van der Waals surface area contributed by atoms with Crippen LogP contribution in [-0.4, -0.2) is 45.7 Å². The normalized spacial score (nSPS) is 15.6. The van der Waals surface area contributed by atoms with Gasteiger partial charge in [0.1, 0.15) is 5.82 Å². The maximum atomic E-state index is 13.1. The molecule has 8 nitrogen and oxygen atoms in total. The van der Waals surface area contributed by atoms with Crippen LogP contribution in [-0.2, 0) is 32.3 Å². The van der Waals surface area contributed by atoms with Gasteiger partial charge in [0, 0.05) is 35.0 Å². The van der Waals surface area contributed by atoms with Gasteiger partial charge in [-0.15, -0.1) is 0 Å². The number of carbonyl (C=O) groups is 1. The molecule has 3 aromatic rings. The molecule has 33 heavy (non-hydrogen) atoms. The summed E-state index contributed by atoms with van der Waals surface area (Å²) in [6, 6.07) is 13.6. The minimum Gasteiger partial charge on any atom is -0.306 e. The summed E-state index contributed by atoms with van der Waals surface area (Å²) >= 11 is 0. The first-order valence-corrected chi connectivity index (χ1v) is 13.6. The third-order valence-electron chi connectivity index (χ3n) is 5.64. The van der Waals surface area contributed by atoms with Gasteiger partial charge >= 0.3 is 0 Å². The van der Waals surface area contributed by atoms with Crippen molar-refractivity contribution in [2.45, 2.75) is 37.2 Å². The van der Waals surface area contributed by atoms with E-state index in [1.54, 1.807) is 18.5 Å². The van der Waals surface area contributed by atoms with Crippen LogP contribution in [0.15, 0.2) is 53.4 Å². The molecule has 2 aromatic carbocycles. The maximum Gasteiger partial charge on any atom is 0.256 e. The summed E-state index contributed by atoms with van der Waals surface area (Å²) < 4.78 is 40.5. The van der Waals surface area contributed by atoms with Crippen molar-refractivity contribution in [2.75, 3.05) is 18.4 Å². The Morgan fingerprint density at radius 3 is 2.30 bits per heavy atom. The Morgan fingerprint density at radius 2 is 1.70 bits per heavy atom. The van der Waals surface area contributed by atoms with Crippen molar-refractivity contribution in [2.24, 2.45) is 0 Å². The number of sulfonamides is 1.